The molecule has 0 atom stereocenters. The summed E-state index contributed by atoms with van der Waals surface area (Å²) in [6.45, 7) is 2.11. The molecule has 0 spiro atoms. The highest BCUT2D eigenvalue weighted by Crippen LogP contribution is 2.27. The van der Waals surface area contributed by atoms with Gasteiger partial charge in [0, 0.05) is 30.2 Å². The van der Waals surface area contributed by atoms with Crippen molar-refractivity contribution in [1.82, 2.24) is 19.5 Å². The van der Waals surface area contributed by atoms with Gasteiger partial charge in [0.1, 0.15) is 0 Å². The van der Waals surface area contributed by atoms with Crippen molar-refractivity contribution in [3.63, 3.8) is 0 Å². The standard InChI is InChI=1S/C23H23N5OS/c1-2-11-21-24-25-23(28(21)26-16-9-10-17-26)30-18-22(29)27(19-12-5-3-6-13-19)20-14-7-4-8-15-20/h3-10,12-17H,2,11,18H2,1H3. The maximum atomic E-state index is 13.3. The van der Waals surface area contributed by atoms with E-state index < -0.39 is 0 Å². The Morgan fingerprint density at radius 3 is 2.07 bits per heavy atom. The third-order valence-corrected chi connectivity index (χ3v) is 5.48. The summed E-state index contributed by atoms with van der Waals surface area (Å²) >= 11 is 1.40. The largest absolute Gasteiger partial charge is 0.280 e. The van der Waals surface area contributed by atoms with Crippen LogP contribution in [-0.4, -0.2) is 31.2 Å². The Kier molecular flexibility index (Phi) is 6.29. The summed E-state index contributed by atoms with van der Waals surface area (Å²) in [6, 6.07) is 23.3. The van der Waals surface area contributed by atoms with Gasteiger partial charge in [-0.1, -0.05) is 55.1 Å². The van der Waals surface area contributed by atoms with E-state index in [0.29, 0.717) is 5.16 Å². The van der Waals surface area contributed by atoms with Crippen LogP contribution in [0, 0.1) is 0 Å². The summed E-state index contributed by atoms with van der Waals surface area (Å²) in [5.41, 5.74) is 1.68. The number of para-hydroxylation sites is 2. The van der Waals surface area contributed by atoms with Gasteiger partial charge in [0.05, 0.1) is 5.75 Å². The molecule has 0 N–H and O–H groups in total. The topological polar surface area (TPSA) is 56.0 Å². The monoisotopic (exact) mass is 417 g/mol. The van der Waals surface area contributed by atoms with Crippen molar-refractivity contribution in [2.45, 2.75) is 24.9 Å². The molecule has 0 radical (unpaired) electrons. The first-order valence-electron chi connectivity index (χ1n) is 9.91. The predicted octanol–water partition coefficient (Wildman–Crippen LogP) is 4.80. The van der Waals surface area contributed by atoms with E-state index in [9.17, 15) is 4.79 Å². The molecule has 0 aliphatic heterocycles. The van der Waals surface area contributed by atoms with Crippen LogP contribution in [0.4, 0.5) is 11.4 Å². The second-order valence-electron chi connectivity index (χ2n) is 6.71. The molecule has 4 aromatic rings. The number of amides is 1. The van der Waals surface area contributed by atoms with Gasteiger partial charge in [-0.25, -0.2) is 4.68 Å². The molecule has 2 aromatic carbocycles. The lowest BCUT2D eigenvalue weighted by molar-refractivity contribution is -0.115. The number of aromatic nitrogens is 4. The fourth-order valence-corrected chi connectivity index (χ4v) is 4.04. The minimum atomic E-state index is -0.0171. The van der Waals surface area contributed by atoms with Crippen LogP contribution in [0.5, 0.6) is 0 Å². The number of aryl methyl sites for hydroxylation is 1. The van der Waals surface area contributed by atoms with E-state index in [4.69, 9.17) is 0 Å². The second-order valence-corrected chi connectivity index (χ2v) is 7.66. The van der Waals surface area contributed by atoms with Gasteiger partial charge in [0.2, 0.25) is 11.1 Å². The summed E-state index contributed by atoms with van der Waals surface area (Å²) in [5, 5.41) is 9.40. The molecule has 0 aliphatic rings. The summed E-state index contributed by atoms with van der Waals surface area (Å²) in [6.07, 6.45) is 5.70. The number of hydrogen-bond acceptors (Lipinski definition) is 4. The zero-order valence-corrected chi connectivity index (χ0v) is 17.6. The average molecular weight is 418 g/mol. The first-order valence-corrected chi connectivity index (χ1v) is 10.9. The summed E-state index contributed by atoms with van der Waals surface area (Å²) in [5.74, 6) is 1.11. The average Bonchev–Trinajstić information content (AvgIpc) is 3.44. The first kappa shape index (κ1) is 20.0. The highest BCUT2D eigenvalue weighted by molar-refractivity contribution is 7.99. The van der Waals surface area contributed by atoms with E-state index in [0.717, 1.165) is 30.0 Å². The zero-order valence-electron chi connectivity index (χ0n) is 16.8. The van der Waals surface area contributed by atoms with Gasteiger partial charge in [-0.15, -0.1) is 10.2 Å². The normalized spacial score (nSPS) is 10.8. The Balaban J connectivity index is 1.59. The van der Waals surface area contributed by atoms with Crippen molar-refractivity contribution in [1.29, 1.82) is 0 Å². The minimum absolute atomic E-state index is 0.0171. The van der Waals surface area contributed by atoms with Crippen molar-refractivity contribution in [3.05, 3.63) is 91.0 Å². The quantitative estimate of drug-likeness (QED) is 0.387. The van der Waals surface area contributed by atoms with Crippen molar-refractivity contribution >= 4 is 29.0 Å². The highest BCUT2D eigenvalue weighted by Gasteiger charge is 2.20. The van der Waals surface area contributed by atoms with Gasteiger partial charge in [-0.05, 0) is 42.8 Å². The molecule has 0 bridgehead atoms. The number of carbonyl (C=O) groups excluding carboxylic acids is 1. The predicted molar refractivity (Wildman–Crippen MR) is 120 cm³/mol. The van der Waals surface area contributed by atoms with Gasteiger partial charge in [0.15, 0.2) is 5.82 Å². The number of hydrogen-bond donors (Lipinski definition) is 0. The fraction of sp³-hybridized carbons (Fsp3) is 0.174. The molecular weight excluding hydrogens is 394 g/mol. The van der Waals surface area contributed by atoms with Gasteiger partial charge < -0.3 is 0 Å². The molecule has 0 aliphatic carbocycles. The van der Waals surface area contributed by atoms with Gasteiger partial charge >= 0.3 is 0 Å². The van der Waals surface area contributed by atoms with Crippen molar-refractivity contribution in [2.75, 3.05) is 10.7 Å². The highest BCUT2D eigenvalue weighted by atomic mass is 32.2. The summed E-state index contributed by atoms with van der Waals surface area (Å²) < 4.78 is 3.92. The van der Waals surface area contributed by atoms with E-state index >= 15 is 0 Å². The molecule has 1 amide bonds. The van der Waals surface area contributed by atoms with E-state index in [-0.39, 0.29) is 11.7 Å². The summed E-state index contributed by atoms with van der Waals surface area (Å²) in [4.78, 5) is 15.0. The molecule has 7 heteroatoms. The van der Waals surface area contributed by atoms with Crippen LogP contribution in [0.1, 0.15) is 19.2 Å². The van der Waals surface area contributed by atoms with Crippen LogP contribution in [0.3, 0.4) is 0 Å². The molecule has 0 saturated carbocycles. The SMILES string of the molecule is CCCc1nnc(SCC(=O)N(c2ccccc2)c2ccccc2)n1-n1cccc1. The van der Waals surface area contributed by atoms with Gasteiger partial charge in [0.25, 0.3) is 0 Å². The molecular formula is C23H23N5OS. The van der Waals surface area contributed by atoms with Crippen molar-refractivity contribution in [2.24, 2.45) is 0 Å². The van der Waals surface area contributed by atoms with Crippen molar-refractivity contribution in [3.8, 4) is 0 Å². The number of benzene rings is 2. The van der Waals surface area contributed by atoms with E-state index in [1.54, 1.807) is 4.90 Å². The minimum Gasteiger partial charge on any atom is -0.280 e. The van der Waals surface area contributed by atoms with Crippen LogP contribution < -0.4 is 4.90 Å². The van der Waals surface area contributed by atoms with Crippen LogP contribution in [0.2, 0.25) is 0 Å². The lowest BCUT2D eigenvalue weighted by Crippen LogP contribution is -2.27. The van der Waals surface area contributed by atoms with E-state index in [1.807, 2.05) is 94.5 Å². The molecule has 152 valence electrons. The smallest absolute Gasteiger partial charge is 0.242 e. The van der Waals surface area contributed by atoms with Crippen LogP contribution in [0.15, 0.2) is 90.3 Å². The first-order chi connectivity index (χ1) is 14.8. The van der Waals surface area contributed by atoms with Crippen LogP contribution in [-0.2, 0) is 11.2 Å². The lowest BCUT2D eigenvalue weighted by Gasteiger charge is -2.23. The van der Waals surface area contributed by atoms with E-state index in [2.05, 4.69) is 17.1 Å². The summed E-state index contributed by atoms with van der Waals surface area (Å²) in [7, 11) is 0. The Morgan fingerprint density at radius 2 is 1.50 bits per heavy atom. The Bertz CT molecular complexity index is 1040. The zero-order chi connectivity index (χ0) is 20.8. The fourth-order valence-electron chi connectivity index (χ4n) is 3.24. The van der Waals surface area contributed by atoms with E-state index in [1.165, 1.54) is 11.8 Å². The second kappa shape index (κ2) is 9.45. The molecule has 2 heterocycles. The number of rotatable bonds is 8. The molecule has 2 aromatic heterocycles. The lowest BCUT2D eigenvalue weighted by atomic mass is 10.2. The third kappa shape index (κ3) is 4.31. The van der Waals surface area contributed by atoms with Crippen molar-refractivity contribution < 1.29 is 4.79 Å². The number of thioether (sulfide) groups is 1. The van der Waals surface area contributed by atoms with Crippen LogP contribution >= 0.6 is 11.8 Å². The molecule has 0 fully saturated rings. The maximum absolute atomic E-state index is 13.3. The molecule has 4 rings (SSSR count). The van der Waals surface area contributed by atoms with Gasteiger partial charge in [-0.3, -0.25) is 14.4 Å². The number of anilines is 2. The number of nitrogens with zero attached hydrogens (tertiary/aromatic N) is 5. The third-order valence-electron chi connectivity index (χ3n) is 4.57. The van der Waals surface area contributed by atoms with Gasteiger partial charge in [-0.2, -0.15) is 0 Å². The molecule has 0 unspecified atom stereocenters. The number of carbonyl (C=O) groups is 1. The maximum Gasteiger partial charge on any atom is 0.242 e. The van der Waals surface area contributed by atoms with Crippen LogP contribution in [0.25, 0.3) is 0 Å². The molecule has 0 saturated heterocycles. The Labute approximate surface area is 180 Å². The molecule has 6 nitrogen and oxygen atoms in total. The Morgan fingerprint density at radius 1 is 0.900 bits per heavy atom. The molecule has 30 heavy (non-hydrogen) atoms. The Hall–Kier alpha value is -3.32.